The lowest BCUT2D eigenvalue weighted by Gasteiger charge is -2.38. The van der Waals surface area contributed by atoms with E-state index in [0.717, 1.165) is 12.8 Å². The first-order valence-electron chi connectivity index (χ1n) is 8.50. The van der Waals surface area contributed by atoms with Gasteiger partial charge < -0.3 is 19.5 Å². The number of phenols is 1. The van der Waals surface area contributed by atoms with Crippen molar-refractivity contribution in [1.29, 1.82) is 0 Å². The van der Waals surface area contributed by atoms with Crippen LogP contribution in [0.15, 0.2) is 35.0 Å². The summed E-state index contributed by atoms with van der Waals surface area (Å²) < 4.78 is 7.65. The molecule has 134 valence electrons. The fraction of sp³-hybridized carbons (Fsp3) is 0.353. The molecule has 2 bridgehead atoms. The normalized spacial score (nSPS) is 22.3. The summed E-state index contributed by atoms with van der Waals surface area (Å²) in [4.78, 5) is 19.4. The number of benzene rings is 1. The number of amides is 1. The van der Waals surface area contributed by atoms with Gasteiger partial charge in [0, 0.05) is 25.5 Å². The quantitative estimate of drug-likeness (QED) is 0.724. The van der Waals surface area contributed by atoms with Crippen molar-refractivity contribution in [2.75, 3.05) is 18.0 Å². The van der Waals surface area contributed by atoms with Crippen LogP contribution in [0.25, 0.3) is 16.8 Å². The second-order valence-electron chi connectivity index (χ2n) is 6.71. The van der Waals surface area contributed by atoms with Gasteiger partial charge in [-0.25, -0.2) is 9.48 Å². The Kier molecular flexibility index (Phi) is 3.12. The van der Waals surface area contributed by atoms with Gasteiger partial charge in [0.05, 0.1) is 12.1 Å². The third-order valence-corrected chi connectivity index (χ3v) is 5.21. The fourth-order valence-electron chi connectivity index (χ4n) is 4.07. The third kappa shape index (κ3) is 2.13. The molecule has 9 heteroatoms. The van der Waals surface area contributed by atoms with Gasteiger partial charge in [0.25, 0.3) is 6.01 Å². The predicted octanol–water partition coefficient (Wildman–Crippen LogP) is 2.05. The molecule has 9 nitrogen and oxygen atoms in total. The summed E-state index contributed by atoms with van der Waals surface area (Å²) in [5.41, 5.74) is 1.52. The zero-order valence-corrected chi connectivity index (χ0v) is 13.8. The predicted molar refractivity (Wildman–Crippen MR) is 91.7 cm³/mol. The molecule has 5 rings (SSSR count). The Hall–Kier alpha value is -3.23. The van der Waals surface area contributed by atoms with Gasteiger partial charge in [-0.1, -0.05) is 0 Å². The molecule has 2 saturated heterocycles. The number of nitrogens with zero attached hydrogens (tertiary/aromatic N) is 5. The first-order chi connectivity index (χ1) is 12.6. The van der Waals surface area contributed by atoms with Crippen LogP contribution in [-0.2, 0) is 0 Å². The molecule has 0 spiro atoms. The van der Waals surface area contributed by atoms with Crippen LogP contribution in [0.1, 0.15) is 12.8 Å². The number of aromatic nitrogens is 3. The van der Waals surface area contributed by atoms with Crippen LogP contribution in [0.5, 0.6) is 5.75 Å². The highest BCUT2D eigenvalue weighted by Gasteiger charge is 2.43. The van der Waals surface area contributed by atoms with Crippen molar-refractivity contribution in [3.63, 3.8) is 0 Å². The van der Waals surface area contributed by atoms with Crippen LogP contribution in [0.3, 0.4) is 0 Å². The molecule has 3 aromatic rings. The number of hydrogen-bond acceptors (Lipinski definition) is 6. The van der Waals surface area contributed by atoms with Gasteiger partial charge in [-0.05, 0) is 31.0 Å². The topological polar surface area (TPSA) is 108 Å². The summed E-state index contributed by atoms with van der Waals surface area (Å²) in [7, 11) is 0. The molecule has 2 N–H and O–H groups in total. The smallest absolute Gasteiger partial charge is 0.407 e. The van der Waals surface area contributed by atoms with Crippen LogP contribution in [0.2, 0.25) is 0 Å². The van der Waals surface area contributed by atoms with Crippen molar-refractivity contribution in [3.05, 3.63) is 30.6 Å². The number of fused-ring (bicyclic) bond motifs is 3. The number of carbonyl (C=O) groups is 1. The maximum absolute atomic E-state index is 11.4. The highest BCUT2D eigenvalue weighted by Crippen LogP contribution is 2.36. The standard InChI is InChI=1S/C17H17N5O4/c23-13-5-4-12(21-7-1-6-18-21)15-14(13)19-16(26-15)20-8-10-2-3-11(9-20)22(10)17(24)25/h1,4-7,10-11,23H,2-3,8-9H2,(H,24,25). The lowest BCUT2D eigenvalue weighted by molar-refractivity contribution is 0.114. The molecule has 26 heavy (non-hydrogen) atoms. The van der Waals surface area contributed by atoms with E-state index in [1.165, 1.54) is 0 Å². The van der Waals surface area contributed by atoms with Crippen LogP contribution in [0, 0.1) is 0 Å². The number of phenolic OH excluding ortho intramolecular Hbond substituents is 1. The zero-order valence-electron chi connectivity index (χ0n) is 13.8. The van der Waals surface area contributed by atoms with Gasteiger partial charge >= 0.3 is 6.09 Å². The lowest BCUT2D eigenvalue weighted by Crippen LogP contribution is -2.55. The minimum atomic E-state index is -0.867. The summed E-state index contributed by atoms with van der Waals surface area (Å²) >= 11 is 0. The number of oxazole rings is 1. The van der Waals surface area contributed by atoms with Crippen molar-refractivity contribution >= 4 is 23.2 Å². The average molecular weight is 355 g/mol. The van der Waals surface area contributed by atoms with Gasteiger partial charge in [0.2, 0.25) is 0 Å². The highest BCUT2D eigenvalue weighted by molar-refractivity contribution is 5.88. The molecule has 0 radical (unpaired) electrons. The Morgan fingerprint density at radius 2 is 2.00 bits per heavy atom. The number of piperazine rings is 1. The van der Waals surface area contributed by atoms with Crippen LogP contribution >= 0.6 is 0 Å². The minimum Gasteiger partial charge on any atom is -0.506 e. The minimum absolute atomic E-state index is 0.0399. The average Bonchev–Trinajstić information content (AvgIpc) is 3.34. The van der Waals surface area contributed by atoms with E-state index in [2.05, 4.69) is 10.1 Å². The molecule has 2 fully saturated rings. The van der Waals surface area contributed by atoms with Crippen molar-refractivity contribution in [3.8, 4) is 11.4 Å². The van der Waals surface area contributed by atoms with Gasteiger partial charge in [-0.15, -0.1) is 0 Å². The first-order valence-corrected chi connectivity index (χ1v) is 8.50. The van der Waals surface area contributed by atoms with E-state index in [1.54, 1.807) is 40.2 Å². The van der Waals surface area contributed by atoms with E-state index in [0.29, 0.717) is 35.9 Å². The molecule has 2 unspecified atom stereocenters. The van der Waals surface area contributed by atoms with Crippen molar-refractivity contribution < 1.29 is 19.4 Å². The van der Waals surface area contributed by atoms with Crippen LogP contribution in [-0.4, -0.2) is 61.1 Å². The SMILES string of the molecule is O=C(O)N1C2CCC1CN(c1nc3c(O)ccc(-n4cccn4)c3o1)C2. The van der Waals surface area contributed by atoms with E-state index in [9.17, 15) is 15.0 Å². The zero-order chi connectivity index (χ0) is 17.8. The van der Waals surface area contributed by atoms with E-state index in [4.69, 9.17) is 4.42 Å². The largest absolute Gasteiger partial charge is 0.506 e. The maximum atomic E-state index is 11.4. The number of rotatable bonds is 2. The molecule has 1 aromatic carbocycles. The first kappa shape index (κ1) is 15.1. The summed E-state index contributed by atoms with van der Waals surface area (Å²) in [6.45, 7) is 1.07. The molecular weight excluding hydrogens is 338 g/mol. The molecule has 1 amide bonds. The van der Waals surface area contributed by atoms with Crippen molar-refractivity contribution in [2.45, 2.75) is 24.9 Å². The monoisotopic (exact) mass is 355 g/mol. The van der Waals surface area contributed by atoms with Crippen molar-refractivity contribution in [1.82, 2.24) is 19.7 Å². The molecule has 2 aromatic heterocycles. The Morgan fingerprint density at radius 3 is 2.65 bits per heavy atom. The van der Waals surface area contributed by atoms with E-state index >= 15 is 0 Å². The second kappa shape index (κ2) is 5.38. The number of aromatic hydroxyl groups is 1. The molecule has 4 heterocycles. The summed E-state index contributed by atoms with van der Waals surface area (Å²) in [5, 5.41) is 23.8. The fourth-order valence-corrected chi connectivity index (χ4v) is 4.07. The summed E-state index contributed by atoms with van der Waals surface area (Å²) in [6, 6.07) is 5.39. The van der Waals surface area contributed by atoms with E-state index in [1.807, 2.05) is 4.90 Å². The number of hydrogen-bond donors (Lipinski definition) is 2. The van der Waals surface area contributed by atoms with Gasteiger partial charge in [-0.3, -0.25) is 4.90 Å². The number of carboxylic acid groups (broad SMARTS) is 1. The van der Waals surface area contributed by atoms with Crippen LogP contribution in [0.4, 0.5) is 10.8 Å². The van der Waals surface area contributed by atoms with E-state index < -0.39 is 6.09 Å². The molecular formula is C17H17N5O4. The maximum Gasteiger partial charge on any atom is 0.407 e. The molecule has 0 saturated carbocycles. The third-order valence-electron chi connectivity index (χ3n) is 5.21. The highest BCUT2D eigenvalue weighted by atomic mass is 16.4. The summed E-state index contributed by atoms with van der Waals surface area (Å²) in [5.74, 6) is 0.0399. The molecule has 2 aliphatic heterocycles. The van der Waals surface area contributed by atoms with Crippen molar-refractivity contribution in [2.24, 2.45) is 0 Å². The Bertz CT molecular complexity index is 969. The Morgan fingerprint density at radius 1 is 1.23 bits per heavy atom. The number of anilines is 1. The molecule has 2 aliphatic rings. The summed E-state index contributed by atoms with van der Waals surface area (Å²) in [6.07, 6.45) is 4.28. The second-order valence-corrected chi connectivity index (χ2v) is 6.71. The lowest BCUT2D eigenvalue weighted by atomic mass is 10.2. The Labute approximate surface area is 148 Å². The van der Waals surface area contributed by atoms with Gasteiger partial charge in [-0.2, -0.15) is 10.1 Å². The van der Waals surface area contributed by atoms with Crippen LogP contribution < -0.4 is 4.90 Å². The van der Waals surface area contributed by atoms with Gasteiger partial charge in [0.1, 0.15) is 11.4 Å². The molecule has 0 aliphatic carbocycles. The van der Waals surface area contributed by atoms with E-state index in [-0.39, 0.29) is 17.8 Å². The Balaban J connectivity index is 1.54. The molecule has 2 atom stereocenters. The van der Waals surface area contributed by atoms with Gasteiger partial charge in [0.15, 0.2) is 11.1 Å².